The molecule has 0 aliphatic carbocycles. The number of carbonyl (C=O) groups is 1. The highest BCUT2D eigenvalue weighted by Gasteiger charge is 2.11. The van der Waals surface area contributed by atoms with Gasteiger partial charge in [-0.25, -0.2) is 0 Å². The number of unbranched alkanes of at least 4 members (excludes halogenated alkanes) is 1. The number of fused-ring (bicyclic) bond motifs is 1. The van der Waals surface area contributed by atoms with Crippen LogP contribution in [0.15, 0.2) is 24.3 Å². The maximum absolute atomic E-state index is 12.2. The highest BCUT2D eigenvalue weighted by molar-refractivity contribution is 6.31. The number of aryl methyl sites for hydroxylation is 1. The largest absolute Gasteiger partial charge is 0.352 e. The SMILES string of the molecule is CCCCNC(=O)c1cc(C)nc2ccc(Cl)cc12. The molecule has 2 rings (SSSR count). The standard InChI is InChI=1S/C15H17ClN2O/c1-3-4-7-17-15(19)13-8-10(2)18-14-6-5-11(16)9-12(13)14/h5-6,8-9H,3-4,7H2,1-2H3,(H,17,19). The van der Waals surface area contributed by atoms with Gasteiger partial charge < -0.3 is 5.32 Å². The van der Waals surface area contributed by atoms with E-state index in [1.165, 1.54) is 0 Å². The van der Waals surface area contributed by atoms with Gasteiger partial charge in [0.15, 0.2) is 0 Å². The lowest BCUT2D eigenvalue weighted by Crippen LogP contribution is -2.24. The third kappa shape index (κ3) is 3.24. The van der Waals surface area contributed by atoms with Crippen LogP contribution in [-0.4, -0.2) is 17.4 Å². The van der Waals surface area contributed by atoms with Crippen LogP contribution < -0.4 is 5.32 Å². The third-order valence-electron chi connectivity index (χ3n) is 2.96. The number of nitrogens with zero attached hydrogens (tertiary/aromatic N) is 1. The summed E-state index contributed by atoms with van der Waals surface area (Å²) < 4.78 is 0. The van der Waals surface area contributed by atoms with E-state index in [0.717, 1.165) is 29.4 Å². The highest BCUT2D eigenvalue weighted by atomic mass is 35.5. The number of hydrogen-bond acceptors (Lipinski definition) is 2. The Morgan fingerprint density at radius 1 is 1.37 bits per heavy atom. The van der Waals surface area contributed by atoms with Crippen LogP contribution in [0.2, 0.25) is 5.02 Å². The third-order valence-corrected chi connectivity index (χ3v) is 3.19. The Kier molecular flexibility index (Phi) is 4.38. The molecule has 0 aliphatic rings. The molecular formula is C15H17ClN2O. The van der Waals surface area contributed by atoms with Crippen LogP contribution >= 0.6 is 11.6 Å². The number of amides is 1. The Hall–Kier alpha value is -1.61. The zero-order chi connectivity index (χ0) is 13.8. The van der Waals surface area contributed by atoms with Gasteiger partial charge in [0.1, 0.15) is 0 Å². The molecule has 0 aliphatic heterocycles. The van der Waals surface area contributed by atoms with Crippen molar-refractivity contribution in [3.63, 3.8) is 0 Å². The normalized spacial score (nSPS) is 10.7. The molecule has 1 aromatic heterocycles. The van der Waals surface area contributed by atoms with Gasteiger partial charge in [0.05, 0.1) is 11.1 Å². The van der Waals surface area contributed by atoms with Crippen molar-refractivity contribution in [1.82, 2.24) is 10.3 Å². The number of halogens is 1. The molecule has 4 heteroatoms. The van der Waals surface area contributed by atoms with Gasteiger partial charge in [-0.3, -0.25) is 9.78 Å². The summed E-state index contributed by atoms with van der Waals surface area (Å²) in [6, 6.07) is 7.22. The second-order valence-electron chi connectivity index (χ2n) is 4.58. The van der Waals surface area contributed by atoms with Crippen LogP contribution in [0.5, 0.6) is 0 Å². The Morgan fingerprint density at radius 3 is 2.89 bits per heavy atom. The van der Waals surface area contributed by atoms with Gasteiger partial charge in [-0.15, -0.1) is 0 Å². The van der Waals surface area contributed by atoms with Gasteiger partial charge in [0.2, 0.25) is 0 Å². The molecule has 0 atom stereocenters. The zero-order valence-corrected chi connectivity index (χ0v) is 11.9. The maximum Gasteiger partial charge on any atom is 0.252 e. The minimum absolute atomic E-state index is 0.0637. The van der Waals surface area contributed by atoms with Crippen LogP contribution in [0.1, 0.15) is 35.8 Å². The van der Waals surface area contributed by atoms with Crippen molar-refractivity contribution in [3.8, 4) is 0 Å². The molecule has 1 amide bonds. The van der Waals surface area contributed by atoms with Gasteiger partial charge in [-0.1, -0.05) is 24.9 Å². The molecule has 0 unspecified atom stereocenters. The molecule has 1 N–H and O–H groups in total. The number of carbonyl (C=O) groups excluding carboxylic acids is 1. The van der Waals surface area contributed by atoms with Crippen molar-refractivity contribution in [2.24, 2.45) is 0 Å². The lowest BCUT2D eigenvalue weighted by atomic mass is 10.1. The molecular weight excluding hydrogens is 260 g/mol. The fourth-order valence-corrected chi connectivity index (χ4v) is 2.16. The molecule has 0 saturated heterocycles. The Bertz CT molecular complexity index is 610. The Labute approximate surface area is 118 Å². The van der Waals surface area contributed by atoms with E-state index in [2.05, 4.69) is 17.2 Å². The van der Waals surface area contributed by atoms with Gasteiger partial charge in [-0.05, 0) is 37.6 Å². The number of nitrogens with one attached hydrogen (secondary N) is 1. The van der Waals surface area contributed by atoms with E-state index < -0.39 is 0 Å². The van der Waals surface area contributed by atoms with E-state index in [1.807, 2.05) is 13.0 Å². The lowest BCUT2D eigenvalue weighted by Gasteiger charge is -2.09. The topological polar surface area (TPSA) is 42.0 Å². The smallest absolute Gasteiger partial charge is 0.252 e. The predicted molar refractivity (Wildman–Crippen MR) is 78.7 cm³/mol. The molecule has 0 radical (unpaired) electrons. The molecule has 0 bridgehead atoms. The molecule has 100 valence electrons. The molecule has 19 heavy (non-hydrogen) atoms. The first kappa shape index (κ1) is 13.8. The Balaban J connectivity index is 2.40. The van der Waals surface area contributed by atoms with Crippen molar-refractivity contribution < 1.29 is 4.79 Å². The quantitative estimate of drug-likeness (QED) is 0.865. The van der Waals surface area contributed by atoms with Crippen molar-refractivity contribution in [1.29, 1.82) is 0 Å². The monoisotopic (exact) mass is 276 g/mol. The first-order valence-electron chi connectivity index (χ1n) is 6.47. The fourth-order valence-electron chi connectivity index (χ4n) is 1.99. The minimum Gasteiger partial charge on any atom is -0.352 e. The van der Waals surface area contributed by atoms with E-state index in [9.17, 15) is 4.79 Å². The average Bonchev–Trinajstić information content (AvgIpc) is 2.38. The molecule has 0 spiro atoms. The summed E-state index contributed by atoms with van der Waals surface area (Å²) in [6.45, 7) is 4.67. The first-order valence-corrected chi connectivity index (χ1v) is 6.84. The highest BCUT2D eigenvalue weighted by Crippen LogP contribution is 2.22. The number of pyridine rings is 1. The van der Waals surface area contributed by atoms with E-state index in [4.69, 9.17) is 11.6 Å². The molecule has 1 aromatic carbocycles. The van der Waals surface area contributed by atoms with Crippen molar-refractivity contribution in [2.75, 3.05) is 6.54 Å². The van der Waals surface area contributed by atoms with E-state index >= 15 is 0 Å². The molecule has 0 saturated carbocycles. The van der Waals surface area contributed by atoms with Crippen LogP contribution in [0.3, 0.4) is 0 Å². The summed E-state index contributed by atoms with van der Waals surface area (Å²) in [7, 11) is 0. The number of benzene rings is 1. The second kappa shape index (κ2) is 6.02. The van der Waals surface area contributed by atoms with Crippen LogP contribution in [0.25, 0.3) is 10.9 Å². The summed E-state index contributed by atoms with van der Waals surface area (Å²) in [5.41, 5.74) is 2.27. The van der Waals surface area contributed by atoms with Crippen molar-refractivity contribution >= 4 is 28.4 Å². The average molecular weight is 277 g/mol. The lowest BCUT2D eigenvalue weighted by molar-refractivity contribution is 0.0954. The minimum atomic E-state index is -0.0637. The number of rotatable bonds is 4. The van der Waals surface area contributed by atoms with Gasteiger partial charge in [-0.2, -0.15) is 0 Å². The summed E-state index contributed by atoms with van der Waals surface area (Å²) in [4.78, 5) is 16.6. The fraction of sp³-hybridized carbons (Fsp3) is 0.333. The van der Waals surface area contributed by atoms with Crippen LogP contribution in [-0.2, 0) is 0 Å². The summed E-state index contributed by atoms with van der Waals surface area (Å²) in [5.74, 6) is -0.0637. The zero-order valence-electron chi connectivity index (χ0n) is 11.2. The van der Waals surface area contributed by atoms with Gasteiger partial charge in [0.25, 0.3) is 5.91 Å². The van der Waals surface area contributed by atoms with Crippen LogP contribution in [0.4, 0.5) is 0 Å². The summed E-state index contributed by atoms with van der Waals surface area (Å²) in [6.07, 6.45) is 2.04. The molecule has 3 nitrogen and oxygen atoms in total. The van der Waals surface area contributed by atoms with Crippen LogP contribution in [0, 0.1) is 6.92 Å². The maximum atomic E-state index is 12.2. The van der Waals surface area contributed by atoms with E-state index in [-0.39, 0.29) is 5.91 Å². The van der Waals surface area contributed by atoms with Gasteiger partial charge >= 0.3 is 0 Å². The molecule has 2 aromatic rings. The number of hydrogen-bond donors (Lipinski definition) is 1. The summed E-state index contributed by atoms with van der Waals surface area (Å²) in [5, 5.41) is 4.34. The first-order chi connectivity index (χ1) is 9.11. The number of aromatic nitrogens is 1. The van der Waals surface area contributed by atoms with Crippen molar-refractivity contribution in [2.45, 2.75) is 26.7 Å². The second-order valence-corrected chi connectivity index (χ2v) is 5.02. The summed E-state index contributed by atoms with van der Waals surface area (Å²) >= 11 is 6.00. The predicted octanol–water partition coefficient (Wildman–Crippen LogP) is 3.73. The molecule has 1 heterocycles. The Morgan fingerprint density at radius 2 is 2.16 bits per heavy atom. The van der Waals surface area contributed by atoms with E-state index in [1.54, 1.807) is 18.2 Å². The van der Waals surface area contributed by atoms with Gasteiger partial charge in [0, 0.05) is 22.6 Å². The van der Waals surface area contributed by atoms with E-state index in [0.29, 0.717) is 17.1 Å². The van der Waals surface area contributed by atoms with Crippen molar-refractivity contribution in [3.05, 3.63) is 40.5 Å². The molecule has 0 fully saturated rings.